The van der Waals surface area contributed by atoms with Crippen molar-refractivity contribution in [1.82, 2.24) is 5.32 Å². The van der Waals surface area contributed by atoms with E-state index in [1.807, 2.05) is 19.2 Å². The maximum absolute atomic E-state index is 5.66. The second-order valence-electron chi connectivity index (χ2n) is 5.23. The van der Waals surface area contributed by atoms with E-state index < -0.39 is 0 Å². The topological polar surface area (TPSA) is 39.7 Å². The van der Waals surface area contributed by atoms with Gasteiger partial charge in [0.05, 0.1) is 7.11 Å². The van der Waals surface area contributed by atoms with Crippen LogP contribution in [0.4, 0.5) is 0 Å². The molecule has 0 spiro atoms. The van der Waals surface area contributed by atoms with Crippen molar-refractivity contribution in [2.75, 3.05) is 47.6 Å². The Balaban J connectivity index is 2.34. The summed E-state index contributed by atoms with van der Waals surface area (Å²) in [6.07, 6.45) is 3.06. The normalized spacial score (nSPS) is 12.3. The number of ether oxygens (including phenoxy) is 3. The highest BCUT2D eigenvalue weighted by Gasteiger charge is 2.09. The summed E-state index contributed by atoms with van der Waals surface area (Å²) >= 11 is 0. The molecule has 1 N–H and O–H groups in total. The highest BCUT2D eigenvalue weighted by atomic mass is 16.5. The maximum Gasteiger partial charge on any atom is 0.119 e. The minimum absolute atomic E-state index is 0.574. The maximum atomic E-state index is 5.66. The largest absolute Gasteiger partial charge is 0.497 e. The van der Waals surface area contributed by atoms with Gasteiger partial charge in [-0.15, -0.1) is 0 Å². The van der Waals surface area contributed by atoms with E-state index in [2.05, 4.69) is 17.4 Å². The molecular weight excluding hydrogens is 266 g/mol. The van der Waals surface area contributed by atoms with Crippen LogP contribution in [-0.2, 0) is 15.9 Å². The summed E-state index contributed by atoms with van der Waals surface area (Å²) in [7, 11) is 5.42. The lowest BCUT2D eigenvalue weighted by atomic mass is 9.96. The van der Waals surface area contributed by atoms with Gasteiger partial charge < -0.3 is 19.5 Å². The van der Waals surface area contributed by atoms with Gasteiger partial charge >= 0.3 is 0 Å². The first-order valence-corrected chi connectivity index (χ1v) is 7.64. The van der Waals surface area contributed by atoms with Gasteiger partial charge in [0.1, 0.15) is 5.75 Å². The molecule has 0 amide bonds. The van der Waals surface area contributed by atoms with Gasteiger partial charge in [-0.3, -0.25) is 0 Å². The summed E-state index contributed by atoms with van der Waals surface area (Å²) in [6.45, 7) is 3.35. The average molecular weight is 295 g/mol. The second-order valence-corrected chi connectivity index (χ2v) is 5.23. The van der Waals surface area contributed by atoms with E-state index in [9.17, 15) is 0 Å². The van der Waals surface area contributed by atoms with Crippen LogP contribution in [0.25, 0.3) is 0 Å². The summed E-state index contributed by atoms with van der Waals surface area (Å²) in [5.41, 5.74) is 1.31. The van der Waals surface area contributed by atoms with Gasteiger partial charge in [-0.05, 0) is 56.5 Å². The Morgan fingerprint density at radius 1 is 1.14 bits per heavy atom. The molecule has 0 saturated heterocycles. The minimum atomic E-state index is 0.574. The second kappa shape index (κ2) is 11.5. The van der Waals surface area contributed by atoms with E-state index in [1.165, 1.54) is 5.56 Å². The average Bonchev–Trinajstić information content (AvgIpc) is 2.51. The summed E-state index contributed by atoms with van der Waals surface area (Å²) in [5, 5.41) is 3.27. The Bertz CT molecular complexity index is 371. The van der Waals surface area contributed by atoms with E-state index in [1.54, 1.807) is 14.2 Å². The minimum Gasteiger partial charge on any atom is -0.497 e. The van der Waals surface area contributed by atoms with Crippen LogP contribution < -0.4 is 10.1 Å². The van der Waals surface area contributed by atoms with E-state index in [4.69, 9.17) is 14.2 Å². The molecule has 0 aromatic heterocycles. The predicted molar refractivity (Wildman–Crippen MR) is 86.0 cm³/mol. The molecule has 1 rings (SSSR count). The lowest BCUT2D eigenvalue weighted by molar-refractivity contribution is 0.0937. The van der Waals surface area contributed by atoms with Gasteiger partial charge in [0.2, 0.25) is 0 Å². The highest BCUT2D eigenvalue weighted by molar-refractivity contribution is 5.28. The van der Waals surface area contributed by atoms with E-state index in [0.717, 1.165) is 51.4 Å². The van der Waals surface area contributed by atoms with Crippen molar-refractivity contribution in [3.05, 3.63) is 29.8 Å². The zero-order valence-corrected chi connectivity index (χ0v) is 13.6. The quantitative estimate of drug-likeness (QED) is 0.602. The molecule has 1 aromatic carbocycles. The number of benzene rings is 1. The summed E-state index contributed by atoms with van der Waals surface area (Å²) in [6, 6.07) is 8.30. The molecule has 4 nitrogen and oxygen atoms in total. The smallest absolute Gasteiger partial charge is 0.119 e. The van der Waals surface area contributed by atoms with Crippen molar-refractivity contribution in [3.8, 4) is 5.75 Å². The third-order valence-electron chi connectivity index (χ3n) is 3.46. The van der Waals surface area contributed by atoms with Crippen LogP contribution in [-0.4, -0.2) is 47.6 Å². The van der Waals surface area contributed by atoms with Gasteiger partial charge in [0, 0.05) is 26.9 Å². The molecule has 0 aliphatic heterocycles. The first-order chi connectivity index (χ1) is 10.3. The van der Waals surface area contributed by atoms with Crippen molar-refractivity contribution in [1.29, 1.82) is 0 Å². The molecule has 1 atom stereocenters. The fourth-order valence-electron chi connectivity index (χ4n) is 2.36. The lowest BCUT2D eigenvalue weighted by Gasteiger charge is -2.17. The molecule has 0 radical (unpaired) electrons. The Kier molecular flexibility index (Phi) is 9.87. The zero-order chi connectivity index (χ0) is 15.3. The number of nitrogens with one attached hydrogen (secondary N) is 1. The van der Waals surface area contributed by atoms with Crippen molar-refractivity contribution in [2.45, 2.75) is 19.3 Å². The van der Waals surface area contributed by atoms with Gasteiger partial charge in [-0.2, -0.15) is 0 Å². The molecule has 0 heterocycles. The van der Waals surface area contributed by atoms with Crippen molar-refractivity contribution < 1.29 is 14.2 Å². The Hall–Kier alpha value is -1.10. The van der Waals surface area contributed by atoms with Crippen LogP contribution in [0.15, 0.2) is 24.3 Å². The number of hydrogen-bond acceptors (Lipinski definition) is 4. The van der Waals surface area contributed by atoms with Gasteiger partial charge in [-0.25, -0.2) is 0 Å². The standard InChI is InChI=1S/C17H29NO3/c1-18-14-16(8-11-21-10-5-9-19-2)12-15-6-4-7-17(13-15)20-3/h4,6-7,13,16,18H,5,8-12,14H2,1-3H3. The summed E-state index contributed by atoms with van der Waals surface area (Å²) < 4.78 is 15.9. The number of rotatable bonds is 12. The molecule has 0 saturated carbocycles. The first kappa shape index (κ1) is 18.0. The van der Waals surface area contributed by atoms with Crippen LogP contribution in [0.3, 0.4) is 0 Å². The molecule has 0 aliphatic carbocycles. The molecule has 0 bridgehead atoms. The van der Waals surface area contributed by atoms with E-state index in [-0.39, 0.29) is 0 Å². The Morgan fingerprint density at radius 3 is 2.71 bits per heavy atom. The molecule has 0 fully saturated rings. The van der Waals surface area contributed by atoms with Crippen LogP contribution in [0.2, 0.25) is 0 Å². The molecule has 1 unspecified atom stereocenters. The van der Waals surface area contributed by atoms with E-state index in [0.29, 0.717) is 5.92 Å². The third kappa shape index (κ3) is 8.05. The van der Waals surface area contributed by atoms with Crippen molar-refractivity contribution in [3.63, 3.8) is 0 Å². The van der Waals surface area contributed by atoms with Gasteiger partial charge in [0.25, 0.3) is 0 Å². The lowest BCUT2D eigenvalue weighted by Crippen LogP contribution is -2.22. The third-order valence-corrected chi connectivity index (χ3v) is 3.46. The Morgan fingerprint density at radius 2 is 2.00 bits per heavy atom. The van der Waals surface area contributed by atoms with Gasteiger partial charge in [-0.1, -0.05) is 12.1 Å². The molecule has 21 heavy (non-hydrogen) atoms. The van der Waals surface area contributed by atoms with Crippen LogP contribution in [0.5, 0.6) is 5.75 Å². The predicted octanol–water partition coefficient (Wildman–Crippen LogP) is 2.52. The number of methoxy groups -OCH3 is 2. The molecule has 120 valence electrons. The number of hydrogen-bond donors (Lipinski definition) is 1. The van der Waals surface area contributed by atoms with Crippen LogP contribution >= 0.6 is 0 Å². The zero-order valence-electron chi connectivity index (χ0n) is 13.6. The monoisotopic (exact) mass is 295 g/mol. The SMILES string of the molecule is CNCC(CCOCCCOC)Cc1cccc(OC)c1. The van der Waals surface area contributed by atoms with Gasteiger partial charge in [0.15, 0.2) is 0 Å². The molecular formula is C17H29NO3. The van der Waals surface area contributed by atoms with Crippen LogP contribution in [0, 0.1) is 5.92 Å². The molecule has 4 heteroatoms. The summed E-state index contributed by atoms with van der Waals surface area (Å²) in [4.78, 5) is 0. The molecule has 1 aromatic rings. The molecule has 0 aliphatic rings. The van der Waals surface area contributed by atoms with Crippen molar-refractivity contribution >= 4 is 0 Å². The van der Waals surface area contributed by atoms with Crippen LogP contribution in [0.1, 0.15) is 18.4 Å². The Labute approximate surface area is 128 Å². The van der Waals surface area contributed by atoms with Crippen molar-refractivity contribution in [2.24, 2.45) is 5.92 Å². The highest BCUT2D eigenvalue weighted by Crippen LogP contribution is 2.17. The summed E-state index contributed by atoms with van der Waals surface area (Å²) in [5.74, 6) is 1.50. The first-order valence-electron chi connectivity index (χ1n) is 7.64. The fourth-order valence-corrected chi connectivity index (χ4v) is 2.36. The van der Waals surface area contributed by atoms with E-state index >= 15 is 0 Å². The fraction of sp³-hybridized carbons (Fsp3) is 0.647.